The molecule has 2 rings (SSSR count). The molecule has 0 aliphatic carbocycles. The summed E-state index contributed by atoms with van der Waals surface area (Å²) in [6, 6.07) is 5.40. The van der Waals surface area contributed by atoms with Crippen LogP contribution in [0, 0.1) is 3.57 Å². The Morgan fingerprint density at radius 3 is 3.06 bits per heavy atom. The van der Waals surface area contributed by atoms with E-state index in [0.29, 0.717) is 10.6 Å². The van der Waals surface area contributed by atoms with Crippen molar-refractivity contribution in [2.45, 2.75) is 6.92 Å². The molecule has 0 saturated carbocycles. The minimum absolute atomic E-state index is 0.179. The monoisotopic (exact) mass is 378 g/mol. The number of ether oxygens (including phenoxy) is 1. The number of rotatable bonds is 3. The number of hydrogen-bond acceptors (Lipinski definition) is 5. The lowest BCUT2D eigenvalue weighted by atomic mass is 10.2. The molecule has 0 aliphatic rings. The van der Waals surface area contributed by atoms with Crippen LogP contribution in [0.1, 0.15) is 17.6 Å². The molecule has 0 amide bonds. The van der Waals surface area contributed by atoms with Gasteiger partial charge in [0.15, 0.2) is 0 Å². The molecule has 18 heavy (non-hydrogen) atoms. The van der Waals surface area contributed by atoms with Gasteiger partial charge in [0.1, 0.15) is 0 Å². The Labute approximate surface area is 122 Å². The van der Waals surface area contributed by atoms with Gasteiger partial charge < -0.3 is 9.26 Å². The molecule has 0 spiro atoms. The minimum atomic E-state index is -0.641. The van der Waals surface area contributed by atoms with E-state index in [4.69, 9.17) is 20.9 Å². The van der Waals surface area contributed by atoms with E-state index in [0.717, 1.165) is 3.57 Å². The third kappa shape index (κ3) is 2.81. The fourth-order valence-electron chi connectivity index (χ4n) is 1.28. The summed E-state index contributed by atoms with van der Waals surface area (Å²) < 4.78 is 10.6. The van der Waals surface area contributed by atoms with E-state index in [-0.39, 0.29) is 18.3 Å². The van der Waals surface area contributed by atoms with Gasteiger partial charge in [-0.15, -0.1) is 0 Å². The molecule has 2 aromatic rings. The van der Waals surface area contributed by atoms with E-state index in [1.165, 1.54) is 0 Å². The summed E-state index contributed by atoms with van der Waals surface area (Å²) in [4.78, 5) is 15.3. The van der Waals surface area contributed by atoms with Gasteiger partial charge in [0, 0.05) is 9.13 Å². The summed E-state index contributed by atoms with van der Waals surface area (Å²) in [5.74, 6) is -0.554. The van der Waals surface area contributed by atoms with Crippen molar-refractivity contribution in [1.29, 1.82) is 0 Å². The van der Waals surface area contributed by atoms with E-state index in [2.05, 4.69) is 32.7 Å². The Morgan fingerprint density at radius 1 is 1.56 bits per heavy atom. The van der Waals surface area contributed by atoms with E-state index < -0.39 is 5.97 Å². The van der Waals surface area contributed by atoms with Gasteiger partial charge in [-0.2, -0.15) is 4.98 Å². The van der Waals surface area contributed by atoms with Crippen LogP contribution >= 0.6 is 34.2 Å². The average Bonchev–Trinajstić information content (AvgIpc) is 2.82. The van der Waals surface area contributed by atoms with Gasteiger partial charge in [0.2, 0.25) is 5.82 Å². The third-order valence-corrected chi connectivity index (χ3v) is 3.05. The molecule has 0 unspecified atom stereocenters. The Hall–Kier alpha value is -1.15. The van der Waals surface area contributed by atoms with Crippen LogP contribution in [0.4, 0.5) is 0 Å². The van der Waals surface area contributed by atoms with Crippen molar-refractivity contribution in [1.82, 2.24) is 10.1 Å². The lowest BCUT2D eigenvalue weighted by Gasteiger charge is -1.98. The zero-order valence-corrected chi connectivity index (χ0v) is 12.2. The Bertz CT molecular complexity index is 585. The molecule has 0 saturated heterocycles. The molecule has 0 radical (unpaired) electrons. The standard InChI is InChI=1S/C11H8ClIN2O3/c1-2-17-11(16)10-14-9(15-18-10)7-5-6(13)3-4-8(7)12/h3-5H,2H2,1H3. The average molecular weight is 379 g/mol. The molecule has 94 valence electrons. The highest BCUT2D eigenvalue weighted by molar-refractivity contribution is 14.1. The minimum Gasteiger partial charge on any atom is -0.459 e. The number of benzene rings is 1. The molecule has 0 aliphatic heterocycles. The van der Waals surface area contributed by atoms with Crippen LogP contribution in [0.2, 0.25) is 5.02 Å². The summed E-state index contributed by atoms with van der Waals surface area (Å²) >= 11 is 8.19. The van der Waals surface area contributed by atoms with Gasteiger partial charge in [-0.25, -0.2) is 4.79 Å². The Balaban J connectivity index is 2.35. The van der Waals surface area contributed by atoms with E-state index in [1.54, 1.807) is 13.0 Å². The zero-order valence-electron chi connectivity index (χ0n) is 9.31. The molecule has 1 aromatic carbocycles. The maximum atomic E-state index is 11.4. The highest BCUT2D eigenvalue weighted by Crippen LogP contribution is 2.27. The van der Waals surface area contributed by atoms with Crippen molar-refractivity contribution in [3.63, 3.8) is 0 Å². The zero-order chi connectivity index (χ0) is 13.1. The second kappa shape index (κ2) is 5.66. The third-order valence-electron chi connectivity index (χ3n) is 2.05. The molecule has 0 atom stereocenters. The van der Waals surface area contributed by atoms with Gasteiger partial charge in [-0.3, -0.25) is 0 Å². The molecule has 0 bridgehead atoms. The summed E-state index contributed by atoms with van der Waals surface area (Å²) in [6.45, 7) is 1.95. The maximum absolute atomic E-state index is 11.4. The van der Waals surface area contributed by atoms with Gasteiger partial charge >= 0.3 is 11.9 Å². The summed E-state index contributed by atoms with van der Waals surface area (Å²) in [7, 11) is 0. The van der Waals surface area contributed by atoms with Crippen LogP contribution in [0.25, 0.3) is 11.4 Å². The Kier molecular flexibility index (Phi) is 4.18. The van der Waals surface area contributed by atoms with Crippen LogP contribution in [-0.2, 0) is 4.74 Å². The van der Waals surface area contributed by atoms with Crippen LogP contribution in [0.3, 0.4) is 0 Å². The lowest BCUT2D eigenvalue weighted by molar-refractivity contribution is 0.0470. The first-order valence-corrected chi connectivity index (χ1v) is 6.53. The first-order valence-electron chi connectivity index (χ1n) is 5.08. The number of aromatic nitrogens is 2. The number of nitrogens with zero attached hydrogens (tertiary/aromatic N) is 2. The lowest BCUT2D eigenvalue weighted by Crippen LogP contribution is -2.04. The molecule has 1 heterocycles. The maximum Gasteiger partial charge on any atom is 0.397 e. The van der Waals surface area contributed by atoms with Crippen molar-refractivity contribution in [3.8, 4) is 11.4 Å². The summed E-state index contributed by atoms with van der Waals surface area (Å²) in [5.41, 5.74) is 0.614. The van der Waals surface area contributed by atoms with Crippen LogP contribution in [0.15, 0.2) is 22.7 Å². The second-order valence-electron chi connectivity index (χ2n) is 3.27. The molecule has 7 heteroatoms. The summed E-state index contributed by atoms with van der Waals surface area (Å²) in [5, 5.41) is 4.21. The number of carbonyl (C=O) groups is 1. The van der Waals surface area contributed by atoms with Crippen LogP contribution in [0.5, 0.6) is 0 Å². The SMILES string of the molecule is CCOC(=O)c1nc(-c2cc(I)ccc2Cl)no1. The topological polar surface area (TPSA) is 65.2 Å². The molecule has 0 fully saturated rings. The molecule has 0 N–H and O–H groups in total. The van der Waals surface area contributed by atoms with Crippen LogP contribution < -0.4 is 0 Å². The Morgan fingerprint density at radius 2 is 2.33 bits per heavy atom. The highest BCUT2D eigenvalue weighted by Gasteiger charge is 2.18. The predicted octanol–water partition coefficient (Wildman–Crippen LogP) is 3.17. The largest absolute Gasteiger partial charge is 0.459 e. The van der Waals surface area contributed by atoms with Gasteiger partial charge in [0.05, 0.1) is 11.6 Å². The fraction of sp³-hybridized carbons (Fsp3) is 0.182. The normalized spacial score (nSPS) is 10.4. The van der Waals surface area contributed by atoms with E-state index in [1.807, 2.05) is 12.1 Å². The number of hydrogen-bond donors (Lipinski definition) is 0. The predicted molar refractivity (Wildman–Crippen MR) is 73.4 cm³/mol. The smallest absolute Gasteiger partial charge is 0.397 e. The fourth-order valence-corrected chi connectivity index (χ4v) is 1.97. The van der Waals surface area contributed by atoms with Gasteiger partial charge in [-0.05, 0) is 47.7 Å². The van der Waals surface area contributed by atoms with Gasteiger partial charge in [-0.1, -0.05) is 16.8 Å². The number of esters is 1. The van der Waals surface area contributed by atoms with E-state index >= 15 is 0 Å². The van der Waals surface area contributed by atoms with Crippen molar-refractivity contribution in [3.05, 3.63) is 32.7 Å². The molecule has 1 aromatic heterocycles. The quantitative estimate of drug-likeness (QED) is 0.606. The van der Waals surface area contributed by atoms with Crippen molar-refractivity contribution >= 4 is 40.2 Å². The highest BCUT2D eigenvalue weighted by atomic mass is 127. The summed E-state index contributed by atoms with van der Waals surface area (Å²) in [6.07, 6.45) is 0. The molecule has 5 nitrogen and oxygen atoms in total. The van der Waals surface area contributed by atoms with Crippen LogP contribution in [-0.4, -0.2) is 22.7 Å². The van der Waals surface area contributed by atoms with Crippen molar-refractivity contribution in [2.24, 2.45) is 0 Å². The number of halogens is 2. The van der Waals surface area contributed by atoms with Crippen molar-refractivity contribution in [2.75, 3.05) is 6.61 Å². The number of carbonyl (C=O) groups excluding carboxylic acids is 1. The van der Waals surface area contributed by atoms with Crippen molar-refractivity contribution < 1.29 is 14.1 Å². The second-order valence-corrected chi connectivity index (χ2v) is 4.92. The van der Waals surface area contributed by atoms with E-state index in [9.17, 15) is 4.79 Å². The van der Waals surface area contributed by atoms with Gasteiger partial charge in [0.25, 0.3) is 0 Å². The first-order chi connectivity index (χ1) is 8.61. The molecular formula is C11H8ClIN2O3. The first kappa shape index (κ1) is 13.3. The molecular weight excluding hydrogens is 370 g/mol.